The maximum absolute atomic E-state index is 13.0. The molecule has 1 amide bonds. The number of rotatable bonds is 8. The van der Waals surface area contributed by atoms with Crippen molar-refractivity contribution in [3.8, 4) is 0 Å². The van der Waals surface area contributed by atoms with E-state index in [-0.39, 0.29) is 34.4 Å². The molecule has 0 aliphatic heterocycles. The van der Waals surface area contributed by atoms with Gasteiger partial charge in [0.15, 0.2) is 17.1 Å². The van der Waals surface area contributed by atoms with Crippen LogP contribution in [0.5, 0.6) is 0 Å². The van der Waals surface area contributed by atoms with Gasteiger partial charge in [-0.1, -0.05) is 64.8 Å². The zero-order valence-corrected chi connectivity index (χ0v) is 27.9. The summed E-state index contributed by atoms with van der Waals surface area (Å²) in [6.07, 6.45) is 9.16. The Balaban J connectivity index is 0.000000348. The summed E-state index contributed by atoms with van der Waals surface area (Å²) in [5, 5.41) is 9.71. The fourth-order valence-corrected chi connectivity index (χ4v) is 4.77. The zero-order chi connectivity index (χ0) is 33.4. The highest BCUT2D eigenvalue weighted by atomic mass is 35.5. The first-order chi connectivity index (χ1) is 20.8. The monoisotopic (exact) mass is 654 g/mol. The summed E-state index contributed by atoms with van der Waals surface area (Å²) in [5.41, 5.74) is 2.54. The second-order valence-electron chi connectivity index (χ2n) is 10.4. The lowest BCUT2D eigenvalue weighted by Crippen LogP contribution is -2.22. The molecule has 44 heavy (non-hydrogen) atoms. The molecule has 2 N–H and O–H groups in total. The van der Waals surface area contributed by atoms with Gasteiger partial charge in [0.25, 0.3) is 6.43 Å². The van der Waals surface area contributed by atoms with Crippen LogP contribution in [0.1, 0.15) is 84.4 Å². The number of aldehydes is 1. The van der Waals surface area contributed by atoms with Crippen molar-refractivity contribution < 1.29 is 22.8 Å². The van der Waals surface area contributed by atoms with Gasteiger partial charge in [-0.3, -0.25) is 9.59 Å². The number of hydrogen-bond donors (Lipinski definition) is 2. The summed E-state index contributed by atoms with van der Waals surface area (Å²) in [5.74, 6) is 0.337. The van der Waals surface area contributed by atoms with E-state index in [1.807, 2.05) is 36.7 Å². The lowest BCUT2D eigenvalue weighted by molar-refractivity contribution is -0.109. The number of oxazole rings is 1. The van der Waals surface area contributed by atoms with Crippen LogP contribution in [0.15, 0.2) is 58.8 Å². The third-order valence-electron chi connectivity index (χ3n) is 6.04. The van der Waals surface area contributed by atoms with Crippen molar-refractivity contribution in [3.05, 3.63) is 76.6 Å². The zero-order valence-electron chi connectivity index (χ0n) is 26.4. The Morgan fingerprint density at radius 1 is 1.27 bits per heavy atom. The van der Waals surface area contributed by atoms with Crippen LogP contribution < -0.4 is 10.6 Å². The molecular weight excluding hydrogens is 613 g/mol. The molecule has 0 saturated carbocycles. The van der Waals surface area contributed by atoms with Crippen LogP contribution in [0.2, 0.25) is 5.15 Å². The minimum Gasteiger partial charge on any atom is -0.444 e. The highest BCUT2D eigenvalue weighted by Gasteiger charge is 2.37. The average molecular weight is 656 g/mol. The molecule has 3 aromatic rings. The molecule has 3 aromatic heterocycles. The third kappa shape index (κ3) is 11.2. The normalized spacial score (nSPS) is 16.4. The van der Waals surface area contributed by atoms with Gasteiger partial charge in [-0.25, -0.2) is 23.3 Å². The number of halogens is 4. The van der Waals surface area contributed by atoms with Gasteiger partial charge in [-0.2, -0.15) is 5.10 Å². The lowest BCUT2D eigenvalue weighted by Gasteiger charge is -2.19. The van der Waals surface area contributed by atoms with E-state index in [1.165, 1.54) is 30.9 Å². The molecule has 242 valence electrons. The summed E-state index contributed by atoms with van der Waals surface area (Å²) >= 11 is 11.4. The number of nitrogens with one attached hydrogen (secondary N) is 2. The number of aromatic nitrogens is 4. The SMILES string of the molecule is C/C=C/C(C)Cl.CC1CC(C)(C)c2c1cnc1cc(Cl)nn21.CCC.CN/C(=C\C(=C(/C=O)c1ncco1)C(F)F)NC=O. The van der Waals surface area contributed by atoms with Crippen LogP contribution in [-0.4, -0.2) is 51.1 Å². The van der Waals surface area contributed by atoms with Gasteiger partial charge in [0.2, 0.25) is 12.3 Å². The average Bonchev–Trinajstić information content (AvgIpc) is 3.66. The molecule has 0 fully saturated rings. The van der Waals surface area contributed by atoms with Gasteiger partial charge in [-0.05, 0) is 37.8 Å². The van der Waals surface area contributed by atoms with Gasteiger partial charge in [0, 0.05) is 35.7 Å². The molecular formula is C31H42Cl2F2N6O3. The predicted molar refractivity (Wildman–Crippen MR) is 172 cm³/mol. The van der Waals surface area contributed by atoms with Gasteiger partial charge >= 0.3 is 0 Å². The smallest absolute Gasteiger partial charge is 0.264 e. The van der Waals surface area contributed by atoms with Crippen LogP contribution in [0, 0.1) is 0 Å². The standard InChI is InChI=1S/C12H14ClN3.C11H11F2N3O3.C5H9Cl.C3H8/c1-7-5-12(2,3)11-8(7)6-14-10-4-9(13)15-16(10)11;1-14-9(16-6-18)4-7(10(12)13)8(5-17)11-15-2-3-19-11;1-3-4-5(2)6;1-3-2/h4,6-7H,5H2,1-3H3;2-6,10,14H,1H3,(H,16,18);3-5H,1-2H3;3H2,1-2H3/b;8-7-,9-4+;4-3+;. The topological polar surface area (TPSA) is 114 Å². The van der Waals surface area contributed by atoms with Crippen LogP contribution in [-0.2, 0) is 15.0 Å². The molecule has 13 heteroatoms. The molecule has 0 aromatic carbocycles. The molecule has 1 aliphatic carbocycles. The van der Waals surface area contributed by atoms with E-state index in [1.54, 1.807) is 6.07 Å². The highest BCUT2D eigenvalue weighted by Crippen LogP contribution is 2.45. The number of carbonyl (C=O) groups is 2. The minimum absolute atomic E-state index is 0.0104. The van der Waals surface area contributed by atoms with Gasteiger partial charge < -0.3 is 15.1 Å². The predicted octanol–water partition coefficient (Wildman–Crippen LogP) is 7.47. The number of hydrogen-bond acceptors (Lipinski definition) is 7. The molecule has 0 bridgehead atoms. The van der Waals surface area contributed by atoms with E-state index < -0.39 is 12.0 Å². The van der Waals surface area contributed by atoms with Crippen molar-refractivity contribution in [2.45, 2.75) is 84.4 Å². The summed E-state index contributed by atoms with van der Waals surface area (Å²) in [4.78, 5) is 29.3. The molecule has 9 nitrogen and oxygen atoms in total. The van der Waals surface area contributed by atoms with Crippen molar-refractivity contribution >= 4 is 47.1 Å². The summed E-state index contributed by atoms with van der Waals surface area (Å²) < 4.78 is 32.7. The molecule has 0 saturated heterocycles. The molecule has 1 aliphatic rings. The second-order valence-corrected chi connectivity index (χ2v) is 11.5. The maximum Gasteiger partial charge on any atom is 0.264 e. The lowest BCUT2D eigenvalue weighted by atomic mass is 9.89. The Bertz CT molecular complexity index is 1420. The summed E-state index contributed by atoms with van der Waals surface area (Å²) in [6.45, 7) is 14.9. The Kier molecular flexibility index (Phi) is 16.6. The molecule has 0 spiro atoms. The van der Waals surface area contributed by atoms with Gasteiger partial charge in [0.1, 0.15) is 12.1 Å². The van der Waals surface area contributed by atoms with Crippen molar-refractivity contribution in [2.75, 3.05) is 7.05 Å². The molecule has 0 radical (unpaired) electrons. The molecule has 2 unspecified atom stereocenters. The van der Waals surface area contributed by atoms with Crippen molar-refractivity contribution in [1.29, 1.82) is 0 Å². The van der Waals surface area contributed by atoms with E-state index in [9.17, 15) is 18.4 Å². The summed E-state index contributed by atoms with van der Waals surface area (Å²) in [6, 6.07) is 1.81. The van der Waals surface area contributed by atoms with Gasteiger partial charge in [-0.15, -0.1) is 11.6 Å². The fraction of sp³-hybridized carbons (Fsp3) is 0.452. The fourth-order valence-electron chi connectivity index (χ4n) is 4.46. The van der Waals surface area contributed by atoms with Crippen molar-refractivity contribution in [1.82, 2.24) is 30.2 Å². The number of allylic oxidation sites excluding steroid dienone is 5. The first-order valence-corrected chi connectivity index (χ1v) is 14.9. The van der Waals surface area contributed by atoms with Crippen LogP contribution in [0.3, 0.4) is 0 Å². The van der Waals surface area contributed by atoms with Crippen LogP contribution >= 0.6 is 23.2 Å². The number of fused-ring (bicyclic) bond motifs is 3. The number of nitrogens with zero attached hydrogens (tertiary/aromatic N) is 4. The van der Waals surface area contributed by atoms with Crippen LogP contribution in [0.4, 0.5) is 8.78 Å². The third-order valence-corrected chi connectivity index (χ3v) is 6.37. The highest BCUT2D eigenvalue weighted by molar-refractivity contribution is 6.29. The minimum atomic E-state index is -2.94. The Morgan fingerprint density at radius 2 is 1.93 bits per heavy atom. The van der Waals surface area contributed by atoms with Crippen LogP contribution in [0.25, 0.3) is 11.2 Å². The molecule has 2 atom stereocenters. The van der Waals surface area contributed by atoms with E-state index in [4.69, 9.17) is 27.6 Å². The Hall–Kier alpha value is -3.57. The number of alkyl halides is 3. The van der Waals surface area contributed by atoms with E-state index in [0.717, 1.165) is 24.4 Å². The Labute approximate surface area is 267 Å². The molecule has 4 rings (SSSR count). The van der Waals surface area contributed by atoms with Crippen molar-refractivity contribution in [2.24, 2.45) is 0 Å². The number of carbonyl (C=O) groups excluding carboxylic acids is 2. The second kappa shape index (κ2) is 19.0. The molecule has 3 heterocycles. The van der Waals surface area contributed by atoms with Crippen molar-refractivity contribution in [3.63, 3.8) is 0 Å². The summed E-state index contributed by atoms with van der Waals surface area (Å²) in [7, 11) is 1.43. The van der Waals surface area contributed by atoms with E-state index >= 15 is 0 Å². The van der Waals surface area contributed by atoms with Gasteiger partial charge in [0.05, 0.1) is 17.5 Å². The maximum atomic E-state index is 13.0. The van der Waals surface area contributed by atoms with E-state index in [2.05, 4.69) is 60.3 Å². The first-order valence-electron chi connectivity index (χ1n) is 14.1. The number of amides is 1. The Morgan fingerprint density at radius 3 is 2.39 bits per heavy atom. The quantitative estimate of drug-likeness (QED) is 0.0851. The van der Waals surface area contributed by atoms with E-state index in [0.29, 0.717) is 17.5 Å². The first kappa shape index (κ1) is 38.5. The largest absolute Gasteiger partial charge is 0.444 e.